The van der Waals surface area contributed by atoms with Gasteiger partial charge in [-0.15, -0.1) is 0 Å². The van der Waals surface area contributed by atoms with Crippen molar-refractivity contribution in [2.24, 2.45) is 10.8 Å². The minimum atomic E-state index is 0.426. The molecule has 2 aliphatic carbocycles. The normalized spacial score (nSPS) is 23.4. The Labute approximate surface area is 118 Å². The van der Waals surface area contributed by atoms with E-state index in [0.717, 1.165) is 24.0 Å². The lowest BCUT2D eigenvalue weighted by Crippen LogP contribution is -2.53. The first-order valence-corrected chi connectivity index (χ1v) is 8.06. The highest BCUT2D eigenvalue weighted by Crippen LogP contribution is 2.64. The van der Waals surface area contributed by atoms with Crippen molar-refractivity contribution < 1.29 is 4.74 Å². The van der Waals surface area contributed by atoms with Crippen LogP contribution in [0.5, 0.6) is 0 Å². The summed E-state index contributed by atoms with van der Waals surface area (Å²) in [7, 11) is 0. The Hall–Kier alpha value is -0.340. The third-order valence-electron chi connectivity index (χ3n) is 4.72. The van der Waals surface area contributed by atoms with Crippen molar-refractivity contribution >= 4 is 15.9 Å². The lowest BCUT2D eigenvalue weighted by molar-refractivity contribution is -0.122. The number of hydrogen-bond donors (Lipinski definition) is 0. The average Bonchev–Trinajstić information content (AvgIpc) is 2.31. The highest BCUT2D eigenvalue weighted by atomic mass is 79.9. The maximum atomic E-state index is 5.95. The number of rotatable bonds is 5. The first-order chi connectivity index (χ1) is 8.76. The molecule has 1 spiro atoms. The van der Waals surface area contributed by atoms with Crippen LogP contribution in [0.25, 0.3) is 0 Å². The average molecular weight is 309 g/mol. The third-order valence-corrected chi connectivity index (χ3v) is 5.91. The van der Waals surface area contributed by atoms with E-state index in [1.807, 2.05) is 0 Å². The van der Waals surface area contributed by atoms with Gasteiger partial charge >= 0.3 is 0 Å². The molecule has 2 aliphatic rings. The van der Waals surface area contributed by atoms with Crippen LogP contribution in [0.2, 0.25) is 0 Å². The molecular weight excluding hydrogens is 288 g/mol. The Kier molecular flexibility index (Phi) is 3.50. The third kappa shape index (κ3) is 2.37. The predicted molar refractivity (Wildman–Crippen MR) is 77.8 cm³/mol. The van der Waals surface area contributed by atoms with Crippen molar-refractivity contribution in [2.45, 2.75) is 38.7 Å². The molecule has 0 saturated heterocycles. The Balaban J connectivity index is 1.47. The van der Waals surface area contributed by atoms with E-state index < -0.39 is 0 Å². The largest absolute Gasteiger partial charge is 0.376 e. The van der Waals surface area contributed by atoms with Crippen LogP contribution in [-0.2, 0) is 11.3 Å². The quantitative estimate of drug-likeness (QED) is 0.725. The molecule has 0 amide bonds. The highest BCUT2D eigenvalue weighted by Gasteiger charge is 2.56. The first-order valence-electron chi connectivity index (χ1n) is 6.94. The van der Waals surface area contributed by atoms with Gasteiger partial charge in [0, 0.05) is 10.7 Å². The smallest absolute Gasteiger partial charge is 0.0717 e. The summed E-state index contributed by atoms with van der Waals surface area (Å²) >= 11 is 3.69. The van der Waals surface area contributed by atoms with Gasteiger partial charge in [0.15, 0.2) is 0 Å². The molecule has 18 heavy (non-hydrogen) atoms. The molecule has 0 atom stereocenters. The molecule has 2 fully saturated rings. The van der Waals surface area contributed by atoms with Gasteiger partial charge in [-0.25, -0.2) is 0 Å². The fourth-order valence-electron chi connectivity index (χ4n) is 3.76. The maximum absolute atomic E-state index is 5.95. The Morgan fingerprint density at radius 2 is 1.83 bits per heavy atom. The summed E-state index contributed by atoms with van der Waals surface area (Å²) in [6, 6.07) is 10.5. The molecule has 98 valence electrons. The number of ether oxygens (including phenoxy) is 1. The monoisotopic (exact) mass is 308 g/mol. The summed E-state index contributed by atoms with van der Waals surface area (Å²) in [6.07, 6.45) is 7.12. The minimum absolute atomic E-state index is 0.426. The molecule has 0 N–H and O–H groups in total. The second-order valence-electron chi connectivity index (χ2n) is 6.32. The number of benzene rings is 1. The first kappa shape index (κ1) is 12.7. The van der Waals surface area contributed by atoms with Gasteiger partial charge in [0.1, 0.15) is 0 Å². The van der Waals surface area contributed by atoms with Crippen molar-refractivity contribution in [2.75, 3.05) is 11.9 Å². The van der Waals surface area contributed by atoms with E-state index in [1.165, 1.54) is 37.7 Å². The van der Waals surface area contributed by atoms with Crippen LogP contribution in [0.15, 0.2) is 30.3 Å². The van der Waals surface area contributed by atoms with E-state index in [2.05, 4.69) is 46.3 Å². The van der Waals surface area contributed by atoms with Gasteiger partial charge in [-0.1, -0.05) is 52.7 Å². The van der Waals surface area contributed by atoms with Crippen LogP contribution < -0.4 is 0 Å². The van der Waals surface area contributed by atoms with E-state index in [1.54, 1.807) is 0 Å². The highest BCUT2D eigenvalue weighted by molar-refractivity contribution is 9.09. The molecule has 0 radical (unpaired) electrons. The van der Waals surface area contributed by atoms with Crippen molar-refractivity contribution in [3.63, 3.8) is 0 Å². The fourth-order valence-corrected chi connectivity index (χ4v) is 4.32. The predicted octanol–water partition coefficient (Wildman–Crippen LogP) is 4.55. The molecule has 0 aliphatic heterocycles. The Morgan fingerprint density at radius 1 is 1.11 bits per heavy atom. The van der Waals surface area contributed by atoms with Gasteiger partial charge in [-0.3, -0.25) is 0 Å². The summed E-state index contributed by atoms with van der Waals surface area (Å²) in [4.78, 5) is 0. The number of hydrogen-bond acceptors (Lipinski definition) is 1. The lowest BCUT2D eigenvalue weighted by atomic mass is 9.46. The Morgan fingerprint density at radius 3 is 2.39 bits per heavy atom. The molecular formula is C16H21BrO. The van der Waals surface area contributed by atoms with Crippen LogP contribution in [0.4, 0.5) is 0 Å². The molecule has 2 heteroatoms. The van der Waals surface area contributed by atoms with Crippen molar-refractivity contribution in [3.8, 4) is 0 Å². The molecule has 3 rings (SSSR count). The number of halogens is 1. The van der Waals surface area contributed by atoms with Crippen molar-refractivity contribution in [3.05, 3.63) is 35.9 Å². The molecule has 0 heterocycles. The van der Waals surface area contributed by atoms with Gasteiger partial charge < -0.3 is 4.74 Å². The van der Waals surface area contributed by atoms with Crippen LogP contribution in [0.1, 0.15) is 37.7 Å². The summed E-state index contributed by atoms with van der Waals surface area (Å²) in [5.74, 6) is 0. The Bertz CT molecular complexity index is 389. The van der Waals surface area contributed by atoms with Crippen LogP contribution in [0.3, 0.4) is 0 Å². The van der Waals surface area contributed by atoms with Gasteiger partial charge in [0.25, 0.3) is 0 Å². The SMILES string of the molecule is BrCC1(COCc2ccccc2)CC2(CCC2)C1. The second-order valence-corrected chi connectivity index (χ2v) is 6.88. The molecule has 0 unspecified atom stereocenters. The summed E-state index contributed by atoms with van der Waals surface area (Å²) < 4.78 is 5.95. The van der Waals surface area contributed by atoms with E-state index >= 15 is 0 Å². The van der Waals surface area contributed by atoms with Crippen LogP contribution in [0, 0.1) is 10.8 Å². The van der Waals surface area contributed by atoms with E-state index in [4.69, 9.17) is 4.74 Å². The summed E-state index contributed by atoms with van der Waals surface area (Å²) in [5.41, 5.74) is 2.43. The zero-order valence-electron chi connectivity index (χ0n) is 10.8. The molecule has 2 saturated carbocycles. The fraction of sp³-hybridized carbons (Fsp3) is 0.625. The van der Waals surface area contributed by atoms with Gasteiger partial charge in [0.05, 0.1) is 13.2 Å². The van der Waals surface area contributed by atoms with Gasteiger partial charge in [-0.2, -0.15) is 0 Å². The standard InChI is InChI=1S/C16H21BrO/c17-12-16(10-15(11-16)7-4-8-15)13-18-9-14-5-2-1-3-6-14/h1-3,5-6H,4,7-13H2. The zero-order chi connectivity index (χ0) is 12.5. The number of alkyl halides is 1. The van der Waals surface area contributed by atoms with E-state index in [0.29, 0.717) is 5.41 Å². The minimum Gasteiger partial charge on any atom is -0.376 e. The van der Waals surface area contributed by atoms with Gasteiger partial charge in [-0.05, 0) is 36.7 Å². The molecule has 1 aromatic carbocycles. The molecule has 0 bridgehead atoms. The van der Waals surface area contributed by atoms with E-state index in [9.17, 15) is 0 Å². The van der Waals surface area contributed by atoms with E-state index in [-0.39, 0.29) is 0 Å². The topological polar surface area (TPSA) is 9.23 Å². The molecule has 1 aromatic rings. The second kappa shape index (κ2) is 4.97. The molecule has 1 nitrogen and oxygen atoms in total. The van der Waals surface area contributed by atoms with Gasteiger partial charge in [0.2, 0.25) is 0 Å². The van der Waals surface area contributed by atoms with Crippen molar-refractivity contribution in [1.29, 1.82) is 0 Å². The lowest BCUT2D eigenvalue weighted by Gasteiger charge is -2.60. The van der Waals surface area contributed by atoms with Crippen molar-refractivity contribution in [1.82, 2.24) is 0 Å². The summed E-state index contributed by atoms with van der Waals surface area (Å²) in [5, 5.41) is 1.09. The molecule has 0 aromatic heterocycles. The zero-order valence-corrected chi connectivity index (χ0v) is 12.4. The van der Waals surface area contributed by atoms with Crippen LogP contribution >= 0.6 is 15.9 Å². The maximum Gasteiger partial charge on any atom is 0.0717 e. The summed E-state index contributed by atoms with van der Waals surface area (Å²) in [6.45, 7) is 1.66. The van der Waals surface area contributed by atoms with Crippen LogP contribution in [-0.4, -0.2) is 11.9 Å².